The number of hydrogen-bond donors (Lipinski definition) is 3. The van der Waals surface area contributed by atoms with Gasteiger partial charge in [0.15, 0.2) is 23.2 Å². The number of guanidine groups is 1. The van der Waals surface area contributed by atoms with Crippen molar-refractivity contribution in [2.75, 3.05) is 39.3 Å². The molecule has 3 amide bonds. The average molecular weight is 1280 g/mol. The Morgan fingerprint density at radius 3 is 1.92 bits per heavy atom. The van der Waals surface area contributed by atoms with Gasteiger partial charge < -0.3 is 43.4 Å². The van der Waals surface area contributed by atoms with Gasteiger partial charge in [-0.05, 0) is 118 Å². The largest absolute Gasteiger partial charge is 0.497 e. The van der Waals surface area contributed by atoms with Crippen LogP contribution in [0.1, 0.15) is 107 Å². The van der Waals surface area contributed by atoms with Crippen LogP contribution in [-0.4, -0.2) is 127 Å². The summed E-state index contributed by atoms with van der Waals surface area (Å²) in [4.78, 5) is 58.3. The molecule has 93 heavy (non-hydrogen) atoms. The minimum absolute atomic E-state index is 0.0296. The SMILES string of the molecule is COc1ccc(C(OC[C@H]2O[C@@H](n3cnc4c(NC(=O)c5ccccc5)ncnc43)[C@H](OCc3cn(CCCCN/C(=N/C(=O)c4ccccc4)NC(=O)c4ccccc4)nn3)[C@@H]2OP(OCCC#N)N(C(C)C)C(C)C)(c2ccccc2)c2ccc(OC)cc2)cc1. The van der Waals surface area contributed by atoms with Crippen LogP contribution in [0.3, 0.4) is 0 Å². The van der Waals surface area contributed by atoms with Crippen molar-refractivity contribution in [3.63, 3.8) is 0 Å². The number of aliphatic imine (C=N–C) groups is 1. The van der Waals surface area contributed by atoms with Crippen LogP contribution in [0, 0.1) is 11.3 Å². The Labute approximate surface area is 541 Å². The van der Waals surface area contributed by atoms with E-state index in [1.165, 1.54) is 6.33 Å². The van der Waals surface area contributed by atoms with Crippen LogP contribution in [0.5, 0.6) is 11.5 Å². The van der Waals surface area contributed by atoms with E-state index < -0.39 is 50.5 Å². The van der Waals surface area contributed by atoms with Crippen molar-refractivity contribution < 1.29 is 47.1 Å². The molecule has 6 aromatic carbocycles. The highest BCUT2D eigenvalue weighted by atomic mass is 31.2. The Morgan fingerprint density at radius 1 is 0.731 bits per heavy atom. The van der Waals surface area contributed by atoms with Crippen molar-refractivity contribution in [3.8, 4) is 17.6 Å². The smallest absolute Gasteiger partial charge is 0.280 e. The summed E-state index contributed by atoms with van der Waals surface area (Å²) in [6.45, 7) is 8.97. The number of anilines is 1. The molecular formula is C69H74N13O10P. The maximum atomic E-state index is 13.6. The maximum Gasteiger partial charge on any atom is 0.280 e. The summed E-state index contributed by atoms with van der Waals surface area (Å²) in [5.74, 6) is 0.203. The molecule has 1 aliphatic rings. The van der Waals surface area contributed by atoms with E-state index >= 15 is 0 Å². The minimum atomic E-state index is -1.96. The van der Waals surface area contributed by atoms with Crippen LogP contribution >= 0.6 is 8.53 Å². The molecule has 5 atom stereocenters. The molecule has 0 aliphatic carbocycles. The number of amides is 3. The number of nitriles is 1. The summed E-state index contributed by atoms with van der Waals surface area (Å²) in [5.41, 5.74) is 3.41. The van der Waals surface area contributed by atoms with E-state index in [-0.39, 0.29) is 61.5 Å². The van der Waals surface area contributed by atoms with E-state index in [1.807, 2.05) is 97.1 Å². The van der Waals surface area contributed by atoms with Crippen molar-refractivity contribution in [1.82, 2.24) is 49.8 Å². The van der Waals surface area contributed by atoms with Gasteiger partial charge in [0.1, 0.15) is 47.4 Å². The second-order valence-corrected chi connectivity index (χ2v) is 23.6. The first-order valence-corrected chi connectivity index (χ1v) is 31.7. The standard InChI is InChI=1S/C69H74N13O10P/c1-47(2)82(48(3)4)93(90-41-21-38-70)92-60-58(44-89-69(52-28-17-10-18-29-52,53-30-34-56(86-5)35-31-53)54-32-36-57(87-6)37-33-54)91-67(81-46-74-59-62(72-45-73-63(59)81)75-64(83)49-22-11-7-12-23-49)61(60)88-43-55-42-80(79-78-55)40-20-19-39-71-68(76-65(84)50-24-13-8-14-25-50)77-66(85)51-26-15-9-16-27-51/h7-18,22-37,42,45-48,58,60-61,67H,19-21,39-41,43-44H2,1-6H3,(H,72,73,75,83)(H2,71,76,77,84,85)/t58-,60-,61-,67-,93?/m1/s1. The number of aryl methyl sites for hydroxylation is 1. The van der Waals surface area contributed by atoms with Gasteiger partial charge in [0, 0.05) is 41.9 Å². The molecule has 480 valence electrons. The Balaban J connectivity index is 0.983. The fraction of sp³-hybridized carbons (Fsp3) is 0.304. The first-order valence-electron chi connectivity index (χ1n) is 30.6. The van der Waals surface area contributed by atoms with E-state index in [2.05, 4.69) is 74.7 Å². The van der Waals surface area contributed by atoms with Crippen molar-refractivity contribution in [1.29, 1.82) is 5.26 Å². The second-order valence-electron chi connectivity index (χ2n) is 22.2. The number of benzene rings is 6. The Morgan fingerprint density at radius 2 is 1.32 bits per heavy atom. The lowest BCUT2D eigenvalue weighted by atomic mass is 9.80. The average Bonchev–Trinajstić information content (AvgIpc) is 1.75. The monoisotopic (exact) mass is 1280 g/mol. The van der Waals surface area contributed by atoms with Gasteiger partial charge >= 0.3 is 0 Å². The normalized spacial score (nSPS) is 16.1. The molecular weight excluding hydrogens is 1200 g/mol. The molecule has 0 spiro atoms. The molecule has 1 fully saturated rings. The number of rotatable bonds is 29. The first-order chi connectivity index (χ1) is 45.4. The molecule has 1 unspecified atom stereocenters. The highest BCUT2D eigenvalue weighted by molar-refractivity contribution is 7.44. The summed E-state index contributed by atoms with van der Waals surface area (Å²) in [6.07, 6.45) is 2.07. The molecule has 4 heterocycles. The molecule has 23 nitrogen and oxygen atoms in total. The molecule has 3 N–H and O–H groups in total. The van der Waals surface area contributed by atoms with E-state index in [0.29, 0.717) is 65.5 Å². The molecule has 3 aromatic heterocycles. The van der Waals surface area contributed by atoms with Crippen LogP contribution in [0.4, 0.5) is 5.82 Å². The Hall–Kier alpha value is -9.63. The lowest BCUT2D eigenvalue weighted by Crippen LogP contribution is -2.43. The molecule has 10 rings (SSSR count). The highest BCUT2D eigenvalue weighted by Crippen LogP contribution is 2.52. The predicted octanol–water partition coefficient (Wildman–Crippen LogP) is 10.8. The number of fused-ring (bicyclic) bond motifs is 1. The quantitative estimate of drug-likeness (QED) is 0.0129. The molecule has 1 aliphatic heterocycles. The Kier molecular flexibility index (Phi) is 22.9. The zero-order chi connectivity index (χ0) is 65.1. The number of nitrogens with one attached hydrogen (secondary N) is 3. The summed E-state index contributed by atoms with van der Waals surface area (Å²) in [5, 5.41) is 27.7. The zero-order valence-electron chi connectivity index (χ0n) is 52.5. The summed E-state index contributed by atoms with van der Waals surface area (Å²) >= 11 is 0. The fourth-order valence-corrected chi connectivity index (χ4v) is 12.6. The van der Waals surface area contributed by atoms with Crippen LogP contribution in [-0.2, 0) is 42.0 Å². The summed E-state index contributed by atoms with van der Waals surface area (Å²) in [7, 11) is 1.28. The van der Waals surface area contributed by atoms with Gasteiger partial charge in [0.2, 0.25) is 5.96 Å². The summed E-state index contributed by atoms with van der Waals surface area (Å²) in [6, 6.07) is 53.6. The van der Waals surface area contributed by atoms with Gasteiger partial charge in [-0.25, -0.2) is 19.6 Å². The van der Waals surface area contributed by atoms with Gasteiger partial charge in [-0.3, -0.25) is 28.9 Å². The number of ether oxygens (including phenoxy) is 5. The van der Waals surface area contributed by atoms with Gasteiger partial charge in [-0.2, -0.15) is 10.3 Å². The van der Waals surface area contributed by atoms with E-state index in [1.54, 1.807) is 109 Å². The Bertz CT molecular complexity index is 3900. The predicted molar refractivity (Wildman–Crippen MR) is 350 cm³/mol. The third kappa shape index (κ3) is 16.4. The molecule has 0 saturated carbocycles. The van der Waals surface area contributed by atoms with Crippen LogP contribution in [0.15, 0.2) is 194 Å². The topological polar surface area (TPSA) is 266 Å². The fourth-order valence-electron chi connectivity index (χ4n) is 10.9. The molecule has 1 saturated heterocycles. The van der Waals surface area contributed by atoms with E-state index in [9.17, 15) is 19.6 Å². The number of aromatic nitrogens is 7. The minimum Gasteiger partial charge on any atom is -0.497 e. The van der Waals surface area contributed by atoms with Crippen molar-refractivity contribution in [3.05, 3.63) is 228 Å². The zero-order valence-corrected chi connectivity index (χ0v) is 53.4. The number of imidazole rings is 1. The van der Waals surface area contributed by atoms with E-state index in [4.69, 9.17) is 42.7 Å². The van der Waals surface area contributed by atoms with Crippen molar-refractivity contribution in [2.24, 2.45) is 4.99 Å². The lowest BCUT2D eigenvalue weighted by molar-refractivity contribution is -0.0965. The van der Waals surface area contributed by atoms with Crippen LogP contribution in [0.25, 0.3) is 11.2 Å². The molecule has 0 bridgehead atoms. The highest BCUT2D eigenvalue weighted by Gasteiger charge is 2.52. The number of hydrogen-bond acceptors (Lipinski definition) is 17. The number of carbonyl (C=O) groups is 3. The molecule has 24 heteroatoms. The number of carbonyl (C=O) groups excluding carboxylic acids is 3. The second kappa shape index (κ2) is 32.1. The van der Waals surface area contributed by atoms with Gasteiger partial charge in [0.25, 0.3) is 26.2 Å². The lowest BCUT2D eigenvalue weighted by Gasteiger charge is -2.39. The number of nitrogens with zero attached hydrogens (tertiary/aromatic N) is 10. The van der Waals surface area contributed by atoms with Gasteiger partial charge in [-0.1, -0.05) is 114 Å². The van der Waals surface area contributed by atoms with Crippen LogP contribution < -0.4 is 25.4 Å². The first kappa shape index (κ1) is 66.3. The summed E-state index contributed by atoms with van der Waals surface area (Å²) < 4.78 is 53.0. The number of methoxy groups -OCH3 is 2. The molecule has 9 aromatic rings. The van der Waals surface area contributed by atoms with Gasteiger partial charge in [-0.15, -0.1) is 5.10 Å². The third-order valence-electron chi connectivity index (χ3n) is 15.3. The van der Waals surface area contributed by atoms with Crippen LogP contribution in [0.2, 0.25) is 0 Å². The van der Waals surface area contributed by atoms with Crippen molar-refractivity contribution >= 4 is 49.2 Å². The van der Waals surface area contributed by atoms with Gasteiger partial charge in [0.05, 0.1) is 59.1 Å². The third-order valence-corrected chi connectivity index (χ3v) is 17.4. The maximum absolute atomic E-state index is 13.6. The van der Waals surface area contributed by atoms with E-state index in [0.717, 1.165) is 16.7 Å². The molecule has 0 radical (unpaired) electrons. The number of unbranched alkanes of at least 4 members (excludes halogenated alkanes) is 1. The van der Waals surface area contributed by atoms with Crippen molar-refractivity contribution in [2.45, 2.75) is 102 Å².